The summed E-state index contributed by atoms with van der Waals surface area (Å²) < 4.78 is 10.9. The number of ether oxygens (including phenoxy) is 1. The van der Waals surface area contributed by atoms with Gasteiger partial charge in [0.25, 0.3) is 0 Å². The number of piperidine rings is 1. The van der Waals surface area contributed by atoms with E-state index in [0.717, 1.165) is 43.9 Å². The van der Waals surface area contributed by atoms with Crippen molar-refractivity contribution in [1.29, 1.82) is 0 Å². The fourth-order valence-electron chi connectivity index (χ4n) is 3.42. The van der Waals surface area contributed by atoms with Gasteiger partial charge in [-0.2, -0.15) is 0 Å². The van der Waals surface area contributed by atoms with Gasteiger partial charge in [0.2, 0.25) is 5.91 Å². The maximum Gasteiger partial charge on any atom is 0.228 e. The first-order chi connectivity index (χ1) is 11.2. The summed E-state index contributed by atoms with van der Waals surface area (Å²) in [5.41, 5.74) is 0.415. The Morgan fingerprint density at radius 2 is 2.52 bits per heavy atom. The first-order valence-corrected chi connectivity index (χ1v) is 8.19. The highest BCUT2D eigenvalue weighted by Gasteiger charge is 2.40. The van der Waals surface area contributed by atoms with Crippen molar-refractivity contribution < 1.29 is 14.1 Å². The maximum atomic E-state index is 12.6. The number of hydrogen-bond acceptors (Lipinski definition) is 5. The lowest BCUT2D eigenvalue weighted by molar-refractivity contribution is -0.132. The second kappa shape index (κ2) is 7.16. The molecular formula is C17H23N3O3. The van der Waals surface area contributed by atoms with Crippen LogP contribution in [0, 0.1) is 17.8 Å². The molecule has 1 amide bonds. The zero-order valence-corrected chi connectivity index (χ0v) is 13.3. The highest BCUT2D eigenvalue weighted by atomic mass is 16.5. The van der Waals surface area contributed by atoms with Crippen LogP contribution in [0.25, 0.3) is 0 Å². The van der Waals surface area contributed by atoms with E-state index in [4.69, 9.17) is 15.7 Å². The molecule has 124 valence electrons. The minimum atomic E-state index is -0.516. The molecule has 2 aliphatic heterocycles. The van der Waals surface area contributed by atoms with Crippen LogP contribution in [0.2, 0.25) is 0 Å². The summed E-state index contributed by atoms with van der Waals surface area (Å²) >= 11 is 0. The van der Waals surface area contributed by atoms with E-state index in [1.165, 1.54) is 0 Å². The first kappa shape index (κ1) is 16.0. The van der Waals surface area contributed by atoms with Gasteiger partial charge < -0.3 is 19.9 Å². The monoisotopic (exact) mass is 317 g/mol. The molecule has 0 aromatic carbocycles. The Balaban J connectivity index is 1.73. The normalized spacial score (nSPS) is 27.5. The van der Waals surface area contributed by atoms with Gasteiger partial charge in [0, 0.05) is 31.6 Å². The zero-order valence-electron chi connectivity index (χ0n) is 13.3. The van der Waals surface area contributed by atoms with Crippen molar-refractivity contribution in [2.75, 3.05) is 32.8 Å². The third-order valence-corrected chi connectivity index (χ3v) is 4.74. The lowest BCUT2D eigenvalue weighted by Gasteiger charge is -2.35. The van der Waals surface area contributed by atoms with Gasteiger partial charge in [0.15, 0.2) is 0 Å². The Kier molecular flexibility index (Phi) is 4.99. The Labute approximate surface area is 136 Å². The van der Waals surface area contributed by atoms with Crippen LogP contribution in [-0.4, -0.2) is 43.9 Å². The number of nitrogens with one attached hydrogen (secondary N) is 2. The molecule has 1 aromatic rings. The molecule has 3 rings (SSSR count). The van der Waals surface area contributed by atoms with E-state index in [-0.39, 0.29) is 12.5 Å². The summed E-state index contributed by atoms with van der Waals surface area (Å²) in [6, 6.07) is 1.98. The number of hydrogen-bond donors (Lipinski definition) is 2. The minimum absolute atomic E-state index is 0.00944. The number of carbonyl (C=O) groups is 1. The summed E-state index contributed by atoms with van der Waals surface area (Å²) in [5, 5.41) is 10.3. The van der Waals surface area contributed by atoms with Crippen molar-refractivity contribution in [1.82, 2.24) is 15.8 Å². The Hall–Kier alpha value is -1.84. The van der Waals surface area contributed by atoms with E-state index in [9.17, 15) is 4.79 Å². The maximum absolute atomic E-state index is 12.6. The van der Waals surface area contributed by atoms with Crippen LogP contribution < -0.4 is 10.6 Å². The van der Waals surface area contributed by atoms with Crippen LogP contribution >= 0.6 is 0 Å². The predicted octanol–water partition coefficient (Wildman–Crippen LogP) is 0.840. The molecule has 0 aliphatic carbocycles. The standard InChI is InChI=1S/C17H23N3O3/c1-2-6-19-16(21)17(5-3-7-18-12-17)10-14-9-15(20-23-14)13-4-8-22-11-13/h1,9,13,18H,3-8,10-12H2,(H,19,21)/t13-,17+/m0/s1. The van der Waals surface area contributed by atoms with Crippen molar-refractivity contribution in [3.8, 4) is 12.3 Å². The average Bonchev–Trinajstić information content (AvgIpc) is 3.24. The molecule has 0 radical (unpaired) electrons. The number of amides is 1. The van der Waals surface area contributed by atoms with Crippen molar-refractivity contribution in [2.24, 2.45) is 5.41 Å². The third kappa shape index (κ3) is 3.57. The van der Waals surface area contributed by atoms with Gasteiger partial charge in [0.1, 0.15) is 5.76 Å². The van der Waals surface area contributed by atoms with E-state index < -0.39 is 5.41 Å². The van der Waals surface area contributed by atoms with Gasteiger partial charge in [-0.25, -0.2) is 0 Å². The van der Waals surface area contributed by atoms with E-state index in [2.05, 4.69) is 21.7 Å². The van der Waals surface area contributed by atoms with E-state index >= 15 is 0 Å². The Morgan fingerprint density at radius 1 is 1.61 bits per heavy atom. The summed E-state index contributed by atoms with van der Waals surface area (Å²) in [4.78, 5) is 12.6. The van der Waals surface area contributed by atoms with E-state index in [1.54, 1.807) is 0 Å². The van der Waals surface area contributed by atoms with E-state index in [1.807, 2.05) is 6.07 Å². The Morgan fingerprint density at radius 3 is 3.22 bits per heavy atom. The average molecular weight is 317 g/mol. The third-order valence-electron chi connectivity index (χ3n) is 4.74. The molecule has 0 bridgehead atoms. The van der Waals surface area contributed by atoms with Crippen LogP contribution in [0.3, 0.4) is 0 Å². The van der Waals surface area contributed by atoms with Crippen LogP contribution in [0.1, 0.15) is 36.6 Å². The highest BCUT2D eigenvalue weighted by Crippen LogP contribution is 2.33. The van der Waals surface area contributed by atoms with Crippen molar-refractivity contribution in [2.45, 2.75) is 31.6 Å². The molecule has 0 saturated carbocycles. The number of carbonyl (C=O) groups excluding carboxylic acids is 1. The fourth-order valence-corrected chi connectivity index (χ4v) is 3.42. The highest BCUT2D eigenvalue weighted by molar-refractivity contribution is 5.83. The molecule has 2 atom stereocenters. The molecule has 2 fully saturated rings. The lowest BCUT2D eigenvalue weighted by Crippen LogP contribution is -2.51. The van der Waals surface area contributed by atoms with Gasteiger partial charge in [-0.05, 0) is 25.8 Å². The topological polar surface area (TPSA) is 76.4 Å². The number of terminal acetylenes is 1. The van der Waals surface area contributed by atoms with Crippen molar-refractivity contribution in [3.05, 3.63) is 17.5 Å². The minimum Gasteiger partial charge on any atom is -0.381 e. The van der Waals surface area contributed by atoms with Gasteiger partial charge in [0.05, 0.1) is 24.3 Å². The molecule has 0 spiro atoms. The second-order valence-corrected chi connectivity index (χ2v) is 6.40. The van der Waals surface area contributed by atoms with Gasteiger partial charge in [-0.15, -0.1) is 6.42 Å². The van der Waals surface area contributed by atoms with E-state index in [0.29, 0.717) is 25.5 Å². The quantitative estimate of drug-likeness (QED) is 0.787. The van der Waals surface area contributed by atoms with Crippen LogP contribution in [0.4, 0.5) is 0 Å². The van der Waals surface area contributed by atoms with Gasteiger partial charge in [-0.3, -0.25) is 4.79 Å². The summed E-state index contributed by atoms with van der Waals surface area (Å²) in [5.74, 6) is 3.51. The molecule has 23 heavy (non-hydrogen) atoms. The number of aromatic nitrogens is 1. The summed E-state index contributed by atoms with van der Waals surface area (Å²) in [6.45, 7) is 3.29. The first-order valence-electron chi connectivity index (χ1n) is 8.19. The molecular weight excluding hydrogens is 294 g/mol. The predicted molar refractivity (Wildman–Crippen MR) is 84.8 cm³/mol. The van der Waals surface area contributed by atoms with Crippen molar-refractivity contribution >= 4 is 5.91 Å². The molecule has 6 nitrogen and oxygen atoms in total. The molecule has 0 unspecified atom stereocenters. The number of nitrogens with zero attached hydrogens (tertiary/aromatic N) is 1. The van der Waals surface area contributed by atoms with Gasteiger partial charge in [-0.1, -0.05) is 11.1 Å². The summed E-state index contributed by atoms with van der Waals surface area (Å²) in [7, 11) is 0. The van der Waals surface area contributed by atoms with Crippen LogP contribution in [0.15, 0.2) is 10.6 Å². The molecule has 2 aliphatic rings. The van der Waals surface area contributed by atoms with Crippen LogP contribution in [0.5, 0.6) is 0 Å². The SMILES string of the molecule is C#CCNC(=O)[C@@]1(Cc2cc([C@H]3CCOC3)no2)CCCNC1. The van der Waals surface area contributed by atoms with Crippen LogP contribution in [-0.2, 0) is 16.0 Å². The number of rotatable bonds is 5. The molecule has 2 saturated heterocycles. The summed E-state index contributed by atoms with van der Waals surface area (Å²) in [6.07, 6.45) is 8.54. The fraction of sp³-hybridized carbons (Fsp3) is 0.647. The smallest absolute Gasteiger partial charge is 0.228 e. The lowest BCUT2D eigenvalue weighted by atomic mass is 9.76. The second-order valence-electron chi connectivity index (χ2n) is 6.40. The molecule has 3 heterocycles. The molecule has 1 aromatic heterocycles. The van der Waals surface area contributed by atoms with Crippen molar-refractivity contribution in [3.63, 3.8) is 0 Å². The molecule has 6 heteroatoms. The zero-order chi connectivity index (χ0) is 16.1. The largest absolute Gasteiger partial charge is 0.381 e. The Bertz CT molecular complexity index is 578. The van der Waals surface area contributed by atoms with Gasteiger partial charge >= 0.3 is 0 Å². The molecule has 2 N–H and O–H groups in total.